The van der Waals surface area contributed by atoms with Crippen molar-refractivity contribution < 1.29 is 9.72 Å². The van der Waals surface area contributed by atoms with Crippen LogP contribution in [0.1, 0.15) is 17.3 Å². The summed E-state index contributed by atoms with van der Waals surface area (Å²) in [6.45, 7) is 2.14. The van der Waals surface area contributed by atoms with Crippen LogP contribution in [-0.2, 0) is 0 Å². The maximum Gasteiger partial charge on any atom is 0.282 e. The van der Waals surface area contributed by atoms with Crippen molar-refractivity contribution in [2.45, 2.75) is 6.92 Å². The normalized spacial score (nSPS) is 9.73. The van der Waals surface area contributed by atoms with Crippen LogP contribution in [0.3, 0.4) is 0 Å². The van der Waals surface area contributed by atoms with Crippen LogP contribution in [0, 0.1) is 10.1 Å². The third-order valence-corrected chi connectivity index (χ3v) is 1.97. The van der Waals surface area contributed by atoms with Gasteiger partial charge in [0.15, 0.2) is 0 Å². The largest absolute Gasteiger partial charge is 0.352 e. The number of carbonyl (C=O) groups is 1. The molecule has 15 heavy (non-hydrogen) atoms. The van der Waals surface area contributed by atoms with Gasteiger partial charge in [-0.05, 0) is 19.1 Å². The number of nitro groups is 1. The molecule has 80 valence electrons. The molecule has 0 atom stereocenters. The van der Waals surface area contributed by atoms with E-state index in [9.17, 15) is 14.9 Å². The van der Waals surface area contributed by atoms with E-state index in [0.29, 0.717) is 11.6 Å². The van der Waals surface area contributed by atoms with Gasteiger partial charge < -0.3 is 5.32 Å². The number of nitro benzene ring substituents is 1. The average Bonchev–Trinajstić information content (AvgIpc) is 2.17. The minimum Gasteiger partial charge on any atom is -0.352 e. The molecular weight excluding hydrogens is 220 g/mol. The summed E-state index contributed by atoms with van der Waals surface area (Å²) in [6.07, 6.45) is 0. The minimum absolute atomic E-state index is 0.0191. The second kappa shape index (κ2) is 4.75. The molecule has 1 N–H and O–H groups in total. The lowest BCUT2D eigenvalue weighted by atomic mass is 10.1. The second-order valence-electron chi connectivity index (χ2n) is 2.78. The van der Waals surface area contributed by atoms with Crippen molar-refractivity contribution in [2.24, 2.45) is 0 Å². The molecule has 0 saturated carbocycles. The highest BCUT2D eigenvalue weighted by Gasteiger charge is 2.19. The standard InChI is InChI=1S/C9H9ClN2O3/c1-2-11-9(13)7-5-6(10)3-4-8(7)12(14)15/h3-5H,2H2,1H3,(H,11,13). The van der Waals surface area contributed by atoms with Gasteiger partial charge in [-0.2, -0.15) is 0 Å². The van der Waals surface area contributed by atoms with Crippen molar-refractivity contribution in [3.8, 4) is 0 Å². The number of nitrogens with one attached hydrogen (secondary N) is 1. The van der Waals surface area contributed by atoms with Crippen LogP contribution < -0.4 is 5.32 Å². The van der Waals surface area contributed by atoms with Gasteiger partial charge in [0.25, 0.3) is 11.6 Å². The molecule has 0 aliphatic carbocycles. The Balaban J connectivity index is 3.18. The molecule has 5 nitrogen and oxygen atoms in total. The zero-order valence-corrected chi connectivity index (χ0v) is 8.75. The Hall–Kier alpha value is -1.62. The molecule has 0 aliphatic rings. The van der Waals surface area contributed by atoms with Gasteiger partial charge in [-0.25, -0.2) is 0 Å². The van der Waals surface area contributed by atoms with E-state index in [2.05, 4.69) is 5.32 Å². The summed E-state index contributed by atoms with van der Waals surface area (Å²) in [5.41, 5.74) is -0.264. The SMILES string of the molecule is CCNC(=O)c1cc(Cl)ccc1[N+](=O)[O-]. The second-order valence-corrected chi connectivity index (χ2v) is 3.21. The zero-order chi connectivity index (χ0) is 11.4. The third-order valence-electron chi connectivity index (χ3n) is 1.74. The maximum atomic E-state index is 11.4. The lowest BCUT2D eigenvalue weighted by Crippen LogP contribution is -2.23. The molecule has 0 unspecified atom stereocenters. The molecular formula is C9H9ClN2O3. The molecule has 1 aromatic rings. The first-order valence-electron chi connectivity index (χ1n) is 4.28. The summed E-state index contributed by atoms with van der Waals surface area (Å²) in [7, 11) is 0. The Morgan fingerprint density at radius 2 is 2.27 bits per heavy atom. The van der Waals surface area contributed by atoms with Crippen molar-refractivity contribution in [1.29, 1.82) is 0 Å². The molecule has 1 aromatic carbocycles. The van der Waals surface area contributed by atoms with Crippen LogP contribution >= 0.6 is 11.6 Å². The monoisotopic (exact) mass is 228 g/mol. The topological polar surface area (TPSA) is 72.2 Å². The van der Waals surface area contributed by atoms with Crippen molar-refractivity contribution in [1.82, 2.24) is 5.32 Å². The predicted molar refractivity (Wildman–Crippen MR) is 56.1 cm³/mol. The minimum atomic E-state index is -0.610. The molecule has 6 heteroatoms. The van der Waals surface area contributed by atoms with Gasteiger partial charge in [0, 0.05) is 17.6 Å². The molecule has 0 fully saturated rings. The summed E-state index contributed by atoms with van der Waals surface area (Å²) < 4.78 is 0. The lowest BCUT2D eigenvalue weighted by Gasteiger charge is -2.03. The van der Waals surface area contributed by atoms with Gasteiger partial charge in [0.1, 0.15) is 5.56 Å². The van der Waals surface area contributed by atoms with Crippen LogP contribution in [0.15, 0.2) is 18.2 Å². The Morgan fingerprint density at radius 3 is 2.80 bits per heavy atom. The van der Waals surface area contributed by atoms with E-state index in [0.717, 1.165) is 0 Å². The van der Waals surface area contributed by atoms with E-state index < -0.39 is 10.8 Å². The van der Waals surface area contributed by atoms with Crippen LogP contribution in [0.25, 0.3) is 0 Å². The average molecular weight is 229 g/mol. The Kier molecular flexibility index (Phi) is 3.62. The van der Waals surface area contributed by atoms with E-state index in [-0.39, 0.29) is 11.3 Å². The molecule has 0 bridgehead atoms. The summed E-state index contributed by atoms with van der Waals surface area (Å²) in [5.74, 6) is -0.494. The molecule has 0 saturated heterocycles. The van der Waals surface area contributed by atoms with Gasteiger partial charge in [-0.1, -0.05) is 11.6 Å². The first-order chi connectivity index (χ1) is 7.06. The molecule has 0 aromatic heterocycles. The number of halogens is 1. The fourth-order valence-electron chi connectivity index (χ4n) is 1.11. The summed E-state index contributed by atoms with van der Waals surface area (Å²) in [4.78, 5) is 21.5. The number of rotatable bonds is 3. The van der Waals surface area contributed by atoms with E-state index in [1.807, 2.05) is 0 Å². The molecule has 0 radical (unpaired) electrons. The molecule has 0 aliphatic heterocycles. The van der Waals surface area contributed by atoms with E-state index in [1.54, 1.807) is 6.92 Å². The predicted octanol–water partition coefficient (Wildman–Crippen LogP) is 2.00. The molecule has 1 amide bonds. The van der Waals surface area contributed by atoms with Crippen LogP contribution in [0.5, 0.6) is 0 Å². The van der Waals surface area contributed by atoms with Gasteiger partial charge in [0.05, 0.1) is 4.92 Å². The summed E-state index contributed by atoms with van der Waals surface area (Å²) in [5, 5.41) is 13.4. The quantitative estimate of drug-likeness (QED) is 0.635. The van der Waals surface area contributed by atoms with E-state index >= 15 is 0 Å². The number of hydrogen-bond donors (Lipinski definition) is 1. The summed E-state index contributed by atoms with van der Waals surface area (Å²) in [6, 6.07) is 3.88. The Morgan fingerprint density at radius 1 is 1.60 bits per heavy atom. The van der Waals surface area contributed by atoms with Crippen molar-refractivity contribution in [2.75, 3.05) is 6.54 Å². The smallest absolute Gasteiger partial charge is 0.282 e. The number of amides is 1. The number of carbonyl (C=O) groups excluding carboxylic acids is 1. The van der Waals surface area contributed by atoms with Crippen molar-refractivity contribution in [3.63, 3.8) is 0 Å². The van der Waals surface area contributed by atoms with E-state index in [1.165, 1.54) is 18.2 Å². The first-order valence-corrected chi connectivity index (χ1v) is 4.66. The van der Waals surface area contributed by atoms with Gasteiger partial charge >= 0.3 is 0 Å². The number of benzene rings is 1. The van der Waals surface area contributed by atoms with Crippen LogP contribution in [-0.4, -0.2) is 17.4 Å². The highest BCUT2D eigenvalue weighted by atomic mass is 35.5. The Bertz CT molecular complexity index is 406. The lowest BCUT2D eigenvalue weighted by molar-refractivity contribution is -0.385. The van der Waals surface area contributed by atoms with Crippen molar-refractivity contribution >= 4 is 23.2 Å². The molecule has 1 rings (SSSR count). The fraction of sp³-hybridized carbons (Fsp3) is 0.222. The highest BCUT2D eigenvalue weighted by Crippen LogP contribution is 2.22. The van der Waals surface area contributed by atoms with Gasteiger partial charge in [-0.3, -0.25) is 14.9 Å². The molecule has 0 heterocycles. The molecule has 0 spiro atoms. The third kappa shape index (κ3) is 2.66. The summed E-state index contributed by atoms with van der Waals surface area (Å²) >= 11 is 5.66. The number of hydrogen-bond acceptors (Lipinski definition) is 3. The zero-order valence-electron chi connectivity index (χ0n) is 7.99. The first kappa shape index (κ1) is 11.5. The van der Waals surface area contributed by atoms with E-state index in [4.69, 9.17) is 11.6 Å². The van der Waals surface area contributed by atoms with Gasteiger partial charge in [-0.15, -0.1) is 0 Å². The number of nitrogens with zero attached hydrogens (tertiary/aromatic N) is 1. The fourth-order valence-corrected chi connectivity index (χ4v) is 1.28. The highest BCUT2D eigenvalue weighted by molar-refractivity contribution is 6.31. The van der Waals surface area contributed by atoms with Crippen LogP contribution in [0.4, 0.5) is 5.69 Å². The van der Waals surface area contributed by atoms with Crippen LogP contribution in [0.2, 0.25) is 5.02 Å². The van der Waals surface area contributed by atoms with Crippen molar-refractivity contribution in [3.05, 3.63) is 38.9 Å². The Labute approximate surface area is 91.2 Å². The maximum absolute atomic E-state index is 11.4. The van der Waals surface area contributed by atoms with Gasteiger partial charge in [0.2, 0.25) is 0 Å².